The molecule has 2 saturated heterocycles. The van der Waals surface area contributed by atoms with E-state index in [4.69, 9.17) is 9.63 Å². The number of aliphatic hydroxyl groups excluding tert-OH is 1. The summed E-state index contributed by atoms with van der Waals surface area (Å²) in [6.07, 6.45) is 3.58. The van der Waals surface area contributed by atoms with Gasteiger partial charge in [0.25, 0.3) is 5.95 Å². The number of rotatable bonds is 6. The summed E-state index contributed by atoms with van der Waals surface area (Å²) in [5.41, 5.74) is 1.18. The van der Waals surface area contributed by atoms with Crippen molar-refractivity contribution >= 4 is 16.8 Å². The highest BCUT2D eigenvalue weighted by Gasteiger charge is 2.32. The Morgan fingerprint density at radius 3 is 2.76 bits per heavy atom. The first-order valence-corrected chi connectivity index (χ1v) is 12.1. The van der Waals surface area contributed by atoms with Crippen molar-refractivity contribution in [3.8, 4) is 5.95 Å². The van der Waals surface area contributed by atoms with Crippen LogP contribution in [0.4, 0.5) is 4.39 Å². The van der Waals surface area contributed by atoms with Crippen LogP contribution in [0.1, 0.15) is 50.6 Å². The molecule has 0 bridgehead atoms. The Morgan fingerprint density at radius 2 is 2.03 bits per heavy atom. The standard InChI is InChI=1S/C24H31FN6O3/c1-15(2)22-18-4-3-5-19(25)23(18)31(27-22)24-26-20(34-28-24)12-16-6-9-30(13-16)17-7-10-29(11-8-17)21(33)14-32/h3-5,15-17,32H,6-14H2,1-2H3/t16-/m0/s1. The van der Waals surface area contributed by atoms with Gasteiger partial charge in [0.15, 0.2) is 0 Å². The lowest BCUT2D eigenvalue weighted by atomic mass is 10.0. The fourth-order valence-corrected chi connectivity index (χ4v) is 5.32. The molecule has 9 nitrogen and oxygen atoms in total. The van der Waals surface area contributed by atoms with Gasteiger partial charge in [-0.3, -0.25) is 9.69 Å². The van der Waals surface area contributed by atoms with Gasteiger partial charge in [0.2, 0.25) is 11.8 Å². The molecular formula is C24H31FN6O3. The molecular weight excluding hydrogens is 439 g/mol. The number of hydrogen-bond donors (Lipinski definition) is 1. The minimum atomic E-state index is -0.414. The van der Waals surface area contributed by atoms with E-state index in [0.717, 1.165) is 43.4 Å². The molecule has 2 aromatic heterocycles. The first kappa shape index (κ1) is 22.9. The smallest absolute Gasteiger partial charge is 0.291 e. The molecule has 34 heavy (non-hydrogen) atoms. The minimum absolute atomic E-state index is 0.134. The van der Waals surface area contributed by atoms with E-state index in [9.17, 15) is 9.18 Å². The lowest BCUT2D eigenvalue weighted by Gasteiger charge is -2.36. The number of piperidine rings is 1. The van der Waals surface area contributed by atoms with Crippen molar-refractivity contribution in [1.29, 1.82) is 0 Å². The van der Waals surface area contributed by atoms with E-state index < -0.39 is 6.61 Å². The van der Waals surface area contributed by atoms with Crippen molar-refractivity contribution in [1.82, 2.24) is 29.7 Å². The molecule has 182 valence electrons. The third-order valence-corrected chi connectivity index (χ3v) is 7.13. The van der Waals surface area contributed by atoms with Crippen LogP contribution in [0.5, 0.6) is 0 Å². The Balaban J connectivity index is 1.25. The van der Waals surface area contributed by atoms with E-state index >= 15 is 0 Å². The van der Waals surface area contributed by atoms with Crippen LogP contribution < -0.4 is 0 Å². The highest BCUT2D eigenvalue weighted by Crippen LogP contribution is 2.29. The van der Waals surface area contributed by atoms with Gasteiger partial charge in [0, 0.05) is 37.5 Å². The summed E-state index contributed by atoms with van der Waals surface area (Å²) in [5, 5.41) is 18.5. The van der Waals surface area contributed by atoms with Crippen LogP contribution in [0.25, 0.3) is 16.9 Å². The fourth-order valence-electron chi connectivity index (χ4n) is 5.32. The number of carbonyl (C=O) groups is 1. The molecule has 10 heteroatoms. The molecule has 1 atom stereocenters. The second-order valence-electron chi connectivity index (χ2n) is 9.70. The normalized spacial score (nSPS) is 20.1. The number of likely N-dealkylation sites (tertiary alicyclic amines) is 2. The summed E-state index contributed by atoms with van der Waals surface area (Å²) in [6, 6.07) is 5.44. The van der Waals surface area contributed by atoms with Crippen molar-refractivity contribution in [3.05, 3.63) is 35.6 Å². The van der Waals surface area contributed by atoms with Crippen LogP contribution in [0.3, 0.4) is 0 Å². The predicted molar refractivity (Wildman–Crippen MR) is 123 cm³/mol. The number of fused-ring (bicyclic) bond motifs is 1. The van der Waals surface area contributed by atoms with Gasteiger partial charge in [-0.15, -0.1) is 0 Å². The number of aromatic nitrogens is 4. The molecule has 1 amide bonds. The SMILES string of the molecule is CC(C)c1nn(-c2noc(C[C@@H]3CCN(C4CCN(C(=O)CO)CC4)C3)n2)c2c(F)cccc12. The zero-order chi connectivity index (χ0) is 23.8. The second-order valence-corrected chi connectivity index (χ2v) is 9.70. The van der Waals surface area contributed by atoms with Gasteiger partial charge >= 0.3 is 0 Å². The molecule has 2 aliphatic heterocycles. The maximum atomic E-state index is 14.7. The van der Waals surface area contributed by atoms with Gasteiger partial charge in [0.1, 0.15) is 17.9 Å². The van der Waals surface area contributed by atoms with E-state index in [-0.39, 0.29) is 23.6 Å². The zero-order valence-corrected chi connectivity index (χ0v) is 19.7. The van der Waals surface area contributed by atoms with Gasteiger partial charge in [-0.2, -0.15) is 14.8 Å². The summed E-state index contributed by atoms with van der Waals surface area (Å²) >= 11 is 0. The molecule has 0 saturated carbocycles. The van der Waals surface area contributed by atoms with Crippen molar-refractivity contribution < 1.29 is 18.8 Å². The summed E-state index contributed by atoms with van der Waals surface area (Å²) < 4.78 is 21.7. The van der Waals surface area contributed by atoms with Gasteiger partial charge in [0.05, 0.1) is 5.69 Å². The van der Waals surface area contributed by atoms with Crippen LogP contribution in [0.2, 0.25) is 0 Å². The number of aliphatic hydroxyl groups is 1. The van der Waals surface area contributed by atoms with Gasteiger partial charge in [-0.25, -0.2) is 4.39 Å². The Bertz CT molecular complexity index is 1170. The maximum Gasteiger partial charge on any atom is 0.291 e. The number of halogens is 1. The third-order valence-electron chi connectivity index (χ3n) is 7.13. The maximum absolute atomic E-state index is 14.7. The number of nitrogens with zero attached hydrogens (tertiary/aromatic N) is 6. The summed E-state index contributed by atoms with van der Waals surface area (Å²) in [7, 11) is 0. The molecule has 5 rings (SSSR count). The lowest BCUT2D eigenvalue weighted by molar-refractivity contribution is -0.135. The Morgan fingerprint density at radius 1 is 1.24 bits per heavy atom. The average molecular weight is 471 g/mol. The van der Waals surface area contributed by atoms with Crippen LogP contribution >= 0.6 is 0 Å². The van der Waals surface area contributed by atoms with E-state index in [0.29, 0.717) is 42.9 Å². The summed E-state index contributed by atoms with van der Waals surface area (Å²) in [6.45, 7) is 7.00. The molecule has 3 aromatic rings. The van der Waals surface area contributed by atoms with Crippen LogP contribution in [-0.4, -0.2) is 79.6 Å². The van der Waals surface area contributed by atoms with Gasteiger partial charge in [-0.1, -0.05) is 26.0 Å². The number of benzene rings is 1. The molecule has 0 spiro atoms. The minimum Gasteiger partial charge on any atom is -0.387 e. The van der Waals surface area contributed by atoms with E-state index in [1.165, 1.54) is 10.7 Å². The number of para-hydroxylation sites is 1. The van der Waals surface area contributed by atoms with Crippen molar-refractivity contribution in [3.63, 3.8) is 0 Å². The van der Waals surface area contributed by atoms with Crippen molar-refractivity contribution in [2.75, 3.05) is 32.8 Å². The Labute approximate surface area is 197 Å². The topological polar surface area (TPSA) is 101 Å². The van der Waals surface area contributed by atoms with E-state index in [2.05, 4.69) is 20.1 Å². The molecule has 1 N–H and O–H groups in total. The largest absolute Gasteiger partial charge is 0.387 e. The Hall–Kier alpha value is -2.85. The highest BCUT2D eigenvalue weighted by molar-refractivity contribution is 5.84. The number of amides is 1. The van der Waals surface area contributed by atoms with Gasteiger partial charge < -0.3 is 14.5 Å². The zero-order valence-electron chi connectivity index (χ0n) is 19.7. The second kappa shape index (κ2) is 9.42. The molecule has 4 heterocycles. The highest BCUT2D eigenvalue weighted by atomic mass is 19.1. The molecule has 2 fully saturated rings. The fraction of sp³-hybridized carbons (Fsp3) is 0.583. The van der Waals surface area contributed by atoms with Crippen LogP contribution in [-0.2, 0) is 11.2 Å². The van der Waals surface area contributed by atoms with Crippen molar-refractivity contribution in [2.45, 2.75) is 51.5 Å². The quantitative estimate of drug-likeness (QED) is 0.591. The predicted octanol–water partition coefficient (Wildman–Crippen LogP) is 2.52. The van der Waals surface area contributed by atoms with E-state index in [1.54, 1.807) is 11.0 Å². The third kappa shape index (κ3) is 4.32. The molecule has 1 aromatic carbocycles. The average Bonchev–Trinajstić information content (AvgIpc) is 3.58. The first-order valence-electron chi connectivity index (χ1n) is 12.1. The van der Waals surface area contributed by atoms with Crippen LogP contribution in [0, 0.1) is 11.7 Å². The van der Waals surface area contributed by atoms with Crippen LogP contribution in [0.15, 0.2) is 22.7 Å². The first-order chi connectivity index (χ1) is 16.4. The lowest BCUT2D eigenvalue weighted by Crippen LogP contribution is -2.46. The summed E-state index contributed by atoms with van der Waals surface area (Å²) in [5.74, 6) is 0.790. The molecule has 0 aliphatic carbocycles. The molecule has 0 radical (unpaired) electrons. The Kier molecular flexibility index (Phi) is 6.35. The van der Waals surface area contributed by atoms with Crippen molar-refractivity contribution in [2.24, 2.45) is 5.92 Å². The molecule has 0 unspecified atom stereocenters. The summed E-state index contributed by atoms with van der Waals surface area (Å²) in [4.78, 5) is 20.5. The van der Waals surface area contributed by atoms with E-state index in [1.807, 2.05) is 19.9 Å². The monoisotopic (exact) mass is 470 g/mol. The number of hydrogen-bond acceptors (Lipinski definition) is 7. The molecule has 2 aliphatic rings. The number of carbonyl (C=O) groups excluding carboxylic acids is 1. The van der Waals surface area contributed by atoms with Gasteiger partial charge in [-0.05, 0) is 48.9 Å².